The van der Waals surface area contributed by atoms with Gasteiger partial charge in [0.05, 0.1) is 12.3 Å². The average molecular weight is 269 g/mol. The van der Waals surface area contributed by atoms with Gasteiger partial charge in [0.15, 0.2) is 0 Å². The van der Waals surface area contributed by atoms with Crippen LogP contribution in [0.3, 0.4) is 0 Å². The molecular weight excluding hydrogens is 254 g/mol. The Hall–Kier alpha value is -1.60. The van der Waals surface area contributed by atoms with Crippen LogP contribution in [0.25, 0.3) is 0 Å². The minimum absolute atomic E-state index is 0.116. The van der Waals surface area contributed by atoms with Crippen molar-refractivity contribution in [1.29, 1.82) is 0 Å². The maximum absolute atomic E-state index is 12.1. The first-order chi connectivity index (χ1) is 8.49. The van der Waals surface area contributed by atoms with Gasteiger partial charge >= 0.3 is 0 Å². The number of carbonyl (C=O) groups excluding carboxylic acids is 1. The molecule has 0 bridgehead atoms. The lowest BCUT2D eigenvalue weighted by Crippen LogP contribution is -2.50. The summed E-state index contributed by atoms with van der Waals surface area (Å²) in [6, 6.07) is 6.83. The van der Waals surface area contributed by atoms with Gasteiger partial charge in [0.1, 0.15) is 0 Å². The predicted molar refractivity (Wildman–Crippen MR) is 68.1 cm³/mol. The number of rotatable bonds is 3. The summed E-state index contributed by atoms with van der Waals surface area (Å²) < 4.78 is 25.5. The van der Waals surface area contributed by atoms with Gasteiger partial charge < -0.3 is 11.1 Å². The molecule has 1 aliphatic heterocycles. The van der Waals surface area contributed by atoms with Crippen LogP contribution < -0.4 is 11.1 Å². The van der Waals surface area contributed by atoms with E-state index in [1.54, 1.807) is 24.3 Å². The highest BCUT2D eigenvalue weighted by Crippen LogP contribution is 2.17. The van der Waals surface area contributed by atoms with Gasteiger partial charge in [-0.2, -0.15) is 4.31 Å². The fourth-order valence-electron chi connectivity index (χ4n) is 1.81. The fourth-order valence-corrected chi connectivity index (χ4v) is 3.33. The molecule has 1 aromatic carbocycles. The first-order valence-corrected chi connectivity index (χ1v) is 7.18. The monoisotopic (exact) mass is 269 g/mol. The van der Waals surface area contributed by atoms with Crippen LogP contribution in [0.5, 0.6) is 0 Å². The topological polar surface area (TPSA) is 92.5 Å². The van der Waals surface area contributed by atoms with E-state index in [2.05, 4.69) is 5.32 Å². The highest BCUT2D eigenvalue weighted by molar-refractivity contribution is 7.88. The van der Waals surface area contributed by atoms with Gasteiger partial charge in [-0.05, 0) is 11.6 Å². The van der Waals surface area contributed by atoms with Crippen LogP contribution in [0.15, 0.2) is 24.3 Å². The number of benzene rings is 1. The molecule has 0 saturated carbocycles. The largest absolute Gasteiger partial charge is 0.398 e. The zero-order chi connectivity index (χ0) is 13.2. The van der Waals surface area contributed by atoms with E-state index in [0.29, 0.717) is 24.3 Å². The lowest BCUT2D eigenvalue weighted by molar-refractivity contribution is -0.122. The molecule has 2 rings (SSSR count). The number of anilines is 1. The quantitative estimate of drug-likeness (QED) is 0.726. The SMILES string of the molecule is Nc1ccccc1CS(=O)(=O)N1CCNC(=O)C1. The number of amides is 1. The van der Waals surface area contributed by atoms with Crippen molar-refractivity contribution in [1.82, 2.24) is 9.62 Å². The molecule has 98 valence electrons. The number of hydrogen-bond acceptors (Lipinski definition) is 4. The van der Waals surface area contributed by atoms with E-state index in [1.165, 1.54) is 4.31 Å². The number of nitrogens with zero attached hydrogens (tertiary/aromatic N) is 1. The highest BCUT2D eigenvalue weighted by atomic mass is 32.2. The predicted octanol–water partition coefficient (Wildman–Crippen LogP) is -0.470. The number of sulfonamides is 1. The number of hydrogen-bond donors (Lipinski definition) is 2. The standard InChI is InChI=1S/C11H15N3O3S/c12-10-4-2-1-3-9(10)8-18(16,17)14-6-5-13-11(15)7-14/h1-4H,5-8,12H2,(H,13,15). The van der Waals surface area contributed by atoms with E-state index >= 15 is 0 Å². The number of nitrogen functional groups attached to an aromatic ring is 1. The smallest absolute Gasteiger partial charge is 0.235 e. The summed E-state index contributed by atoms with van der Waals surface area (Å²) in [6.45, 7) is 0.540. The third kappa shape index (κ3) is 2.80. The number of nitrogens with two attached hydrogens (primary N) is 1. The molecule has 18 heavy (non-hydrogen) atoms. The fraction of sp³-hybridized carbons (Fsp3) is 0.364. The molecule has 6 nitrogen and oxygen atoms in total. The zero-order valence-electron chi connectivity index (χ0n) is 9.80. The molecule has 0 aliphatic carbocycles. The number of carbonyl (C=O) groups is 1. The molecule has 0 radical (unpaired) electrons. The van der Waals surface area contributed by atoms with Crippen LogP contribution in [-0.4, -0.2) is 38.3 Å². The van der Waals surface area contributed by atoms with E-state index in [1.807, 2.05) is 0 Å². The molecule has 0 atom stereocenters. The second kappa shape index (κ2) is 4.95. The van der Waals surface area contributed by atoms with Crippen molar-refractivity contribution in [3.05, 3.63) is 29.8 Å². The summed E-state index contributed by atoms with van der Waals surface area (Å²) in [5.74, 6) is -0.446. The molecule has 1 amide bonds. The van der Waals surface area contributed by atoms with Crippen molar-refractivity contribution >= 4 is 21.6 Å². The summed E-state index contributed by atoms with van der Waals surface area (Å²) in [5, 5.41) is 2.59. The van der Waals surface area contributed by atoms with Crippen molar-refractivity contribution in [2.24, 2.45) is 0 Å². The van der Waals surface area contributed by atoms with Crippen LogP contribution in [-0.2, 0) is 20.6 Å². The second-order valence-corrected chi connectivity index (χ2v) is 6.11. The molecule has 1 heterocycles. The normalized spacial score (nSPS) is 17.4. The minimum Gasteiger partial charge on any atom is -0.398 e. The van der Waals surface area contributed by atoms with E-state index in [9.17, 15) is 13.2 Å². The van der Waals surface area contributed by atoms with Crippen molar-refractivity contribution in [3.8, 4) is 0 Å². The summed E-state index contributed by atoms with van der Waals surface area (Å²) >= 11 is 0. The maximum Gasteiger partial charge on any atom is 0.235 e. The van der Waals surface area contributed by atoms with Crippen LogP contribution >= 0.6 is 0 Å². The Labute approximate surface area is 106 Å². The molecule has 1 aliphatic rings. The number of para-hydroxylation sites is 1. The van der Waals surface area contributed by atoms with Crippen LogP contribution in [0.4, 0.5) is 5.69 Å². The third-order valence-electron chi connectivity index (χ3n) is 2.79. The second-order valence-electron chi connectivity index (χ2n) is 4.14. The van der Waals surface area contributed by atoms with Gasteiger partial charge in [0.25, 0.3) is 0 Å². The van der Waals surface area contributed by atoms with Gasteiger partial charge in [0, 0.05) is 18.8 Å². The summed E-state index contributed by atoms with van der Waals surface area (Å²) in [4.78, 5) is 11.2. The Kier molecular flexibility index (Phi) is 3.53. The number of nitrogens with one attached hydrogen (secondary N) is 1. The van der Waals surface area contributed by atoms with Gasteiger partial charge in [-0.15, -0.1) is 0 Å². The van der Waals surface area contributed by atoms with E-state index < -0.39 is 10.0 Å². The Morgan fingerprint density at radius 3 is 2.72 bits per heavy atom. The van der Waals surface area contributed by atoms with E-state index in [-0.39, 0.29) is 18.2 Å². The molecule has 1 aromatic rings. The molecule has 0 spiro atoms. The highest BCUT2D eigenvalue weighted by Gasteiger charge is 2.27. The molecule has 1 fully saturated rings. The summed E-state index contributed by atoms with van der Waals surface area (Å²) in [5.41, 5.74) is 6.73. The Morgan fingerprint density at radius 2 is 2.06 bits per heavy atom. The minimum atomic E-state index is -3.50. The molecule has 0 unspecified atom stereocenters. The molecule has 3 N–H and O–H groups in total. The van der Waals surface area contributed by atoms with Crippen molar-refractivity contribution in [2.75, 3.05) is 25.4 Å². The Bertz CT molecular complexity index is 556. The van der Waals surface area contributed by atoms with Gasteiger partial charge in [-0.25, -0.2) is 8.42 Å². The first kappa shape index (κ1) is 12.8. The maximum atomic E-state index is 12.1. The van der Waals surface area contributed by atoms with Crippen LogP contribution in [0, 0.1) is 0 Å². The molecule has 7 heteroatoms. The summed E-state index contributed by atoms with van der Waals surface area (Å²) in [6.07, 6.45) is 0. The average Bonchev–Trinajstić information content (AvgIpc) is 2.32. The first-order valence-electron chi connectivity index (χ1n) is 5.57. The van der Waals surface area contributed by atoms with E-state index in [0.717, 1.165) is 0 Å². The molecular formula is C11H15N3O3S. The molecule has 0 aromatic heterocycles. The van der Waals surface area contributed by atoms with Gasteiger partial charge in [-0.1, -0.05) is 18.2 Å². The van der Waals surface area contributed by atoms with Crippen molar-refractivity contribution in [2.45, 2.75) is 5.75 Å². The van der Waals surface area contributed by atoms with Crippen LogP contribution in [0.1, 0.15) is 5.56 Å². The van der Waals surface area contributed by atoms with Gasteiger partial charge in [-0.3, -0.25) is 4.79 Å². The third-order valence-corrected chi connectivity index (χ3v) is 4.56. The van der Waals surface area contributed by atoms with E-state index in [4.69, 9.17) is 5.73 Å². The number of piperazine rings is 1. The van der Waals surface area contributed by atoms with Crippen LogP contribution in [0.2, 0.25) is 0 Å². The zero-order valence-corrected chi connectivity index (χ0v) is 10.6. The Balaban J connectivity index is 2.17. The summed E-state index contributed by atoms with van der Waals surface area (Å²) in [7, 11) is -3.50. The van der Waals surface area contributed by atoms with Crippen molar-refractivity contribution in [3.63, 3.8) is 0 Å². The Morgan fingerprint density at radius 1 is 1.33 bits per heavy atom. The van der Waals surface area contributed by atoms with Gasteiger partial charge in [0.2, 0.25) is 15.9 Å². The lowest BCUT2D eigenvalue weighted by Gasteiger charge is -2.26. The van der Waals surface area contributed by atoms with Crippen molar-refractivity contribution < 1.29 is 13.2 Å². The lowest BCUT2D eigenvalue weighted by atomic mass is 10.2. The molecule has 1 saturated heterocycles.